The summed E-state index contributed by atoms with van der Waals surface area (Å²) in [5, 5.41) is 6.88. The highest BCUT2D eigenvalue weighted by Gasteiger charge is 2.25. The van der Waals surface area contributed by atoms with E-state index >= 15 is 0 Å². The van der Waals surface area contributed by atoms with Crippen LogP contribution in [-0.2, 0) is 4.79 Å². The van der Waals surface area contributed by atoms with Crippen LogP contribution in [0.1, 0.15) is 26.2 Å². The summed E-state index contributed by atoms with van der Waals surface area (Å²) in [6.07, 6.45) is 3.24. The number of benzene rings is 1. The lowest BCUT2D eigenvalue weighted by atomic mass is 9.90. The molecular weight excluding hydrogens is 248 g/mol. The third-order valence-corrected chi connectivity index (χ3v) is 3.77. The van der Waals surface area contributed by atoms with E-state index in [1.807, 2.05) is 12.1 Å². The van der Waals surface area contributed by atoms with Gasteiger partial charge in [0, 0.05) is 10.7 Å². The summed E-state index contributed by atoms with van der Waals surface area (Å²) in [4.78, 5) is 12.1. The minimum atomic E-state index is -0.0700. The Balaban J connectivity index is 1.93. The first kappa shape index (κ1) is 13.4. The van der Waals surface area contributed by atoms with Crippen LogP contribution in [0.25, 0.3) is 0 Å². The second kappa shape index (κ2) is 6.21. The first-order valence-electron chi connectivity index (χ1n) is 6.49. The molecule has 3 nitrogen and oxygen atoms in total. The topological polar surface area (TPSA) is 41.1 Å². The van der Waals surface area contributed by atoms with Gasteiger partial charge in [-0.1, -0.05) is 24.9 Å². The Morgan fingerprint density at radius 3 is 2.83 bits per heavy atom. The fraction of sp³-hybridized carbons (Fsp3) is 0.500. The highest BCUT2D eigenvalue weighted by atomic mass is 35.5. The normalized spacial score (nSPS) is 23.7. The maximum absolute atomic E-state index is 12.1. The highest BCUT2D eigenvalue weighted by Crippen LogP contribution is 2.20. The smallest absolute Gasteiger partial charge is 0.241 e. The SMILES string of the molecule is CCC1CCNC(C(=O)Nc2ccc(Cl)cc2)C1. The molecule has 0 radical (unpaired) electrons. The number of halogens is 1. The molecule has 4 heteroatoms. The van der Waals surface area contributed by atoms with Gasteiger partial charge in [0.2, 0.25) is 5.91 Å². The lowest BCUT2D eigenvalue weighted by Crippen LogP contribution is -2.46. The molecule has 1 aliphatic heterocycles. The second-order valence-corrected chi connectivity index (χ2v) is 5.24. The van der Waals surface area contributed by atoms with Crippen LogP contribution in [0.3, 0.4) is 0 Å². The molecule has 2 atom stereocenters. The predicted molar refractivity (Wildman–Crippen MR) is 74.9 cm³/mol. The number of amides is 1. The van der Waals surface area contributed by atoms with Gasteiger partial charge in [-0.3, -0.25) is 4.79 Å². The average molecular weight is 267 g/mol. The van der Waals surface area contributed by atoms with Gasteiger partial charge in [-0.25, -0.2) is 0 Å². The number of piperidine rings is 1. The third-order valence-electron chi connectivity index (χ3n) is 3.52. The van der Waals surface area contributed by atoms with E-state index in [4.69, 9.17) is 11.6 Å². The van der Waals surface area contributed by atoms with Crippen LogP contribution in [0.5, 0.6) is 0 Å². The van der Waals surface area contributed by atoms with Crippen molar-refractivity contribution < 1.29 is 4.79 Å². The minimum absolute atomic E-state index is 0.0514. The number of nitrogens with one attached hydrogen (secondary N) is 2. The fourth-order valence-electron chi connectivity index (χ4n) is 2.33. The maximum Gasteiger partial charge on any atom is 0.241 e. The molecule has 0 spiro atoms. The molecule has 0 bridgehead atoms. The molecule has 1 saturated heterocycles. The van der Waals surface area contributed by atoms with Crippen LogP contribution in [0, 0.1) is 5.92 Å². The van der Waals surface area contributed by atoms with Crippen LogP contribution in [0.15, 0.2) is 24.3 Å². The number of carbonyl (C=O) groups excluding carboxylic acids is 1. The third kappa shape index (κ3) is 3.47. The number of hydrogen-bond donors (Lipinski definition) is 2. The van der Waals surface area contributed by atoms with Gasteiger partial charge in [-0.15, -0.1) is 0 Å². The van der Waals surface area contributed by atoms with Gasteiger partial charge in [0.05, 0.1) is 6.04 Å². The Morgan fingerprint density at radius 1 is 1.44 bits per heavy atom. The van der Waals surface area contributed by atoms with Crippen LogP contribution < -0.4 is 10.6 Å². The molecule has 1 aromatic carbocycles. The van der Waals surface area contributed by atoms with Crippen LogP contribution in [0.2, 0.25) is 5.02 Å². The van der Waals surface area contributed by atoms with Gasteiger partial charge in [-0.2, -0.15) is 0 Å². The summed E-state index contributed by atoms with van der Waals surface area (Å²) in [5.74, 6) is 0.711. The van der Waals surface area contributed by atoms with Crippen molar-refractivity contribution in [2.45, 2.75) is 32.2 Å². The van der Waals surface area contributed by atoms with Gasteiger partial charge < -0.3 is 10.6 Å². The molecule has 0 aromatic heterocycles. The lowest BCUT2D eigenvalue weighted by Gasteiger charge is -2.28. The molecule has 18 heavy (non-hydrogen) atoms. The van der Waals surface area contributed by atoms with E-state index in [0.29, 0.717) is 10.9 Å². The molecule has 1 amide bonds. The van der Waals surface area contributed by atoms with E-state index in [-0.39, 0.29) is 11.9 Å². The number of anilines is 1. The Hall–Kier alpha value is -1.06. The first-order valence-corrected chi connectivity index (χ1v) is 6.86. The molecule has 1 heterocycles. The summed E-state index contributed by atoms with van der Waals surface area (Å²) in [7, 11) is 0. The molecule has 1 aliphatic rings. The van der Waals surface area contributed by atoms with Gasteiger partial charge in [0.25, 0.3) is 0 Å². The molecule has 1 aromatic rings. The second-order valence-electron chi connectivity index (χ2n) is 4.80. The Morgan fingerprint density at radius 2 is 2.17 bits per heavy atom. The van der Waals surface area contributed by atoms with Crippen molar-refractivity contribution in [1.82, 2.24) is 5.32 Å². The summed E-state index contributed by atoms with van der Waals surface area (Å²) >= 11 is 5.81. The fourth-order valence-corrected chi connectivity index (χ4v) is 2.46. The van der Waals surface area contributed by atoms with Gasteiger partial charge in [0.15, 0.2) is 0 Å². The van der Waals surface area contributed by atoms with Crippen LogP contribution in [-0.4, -0.2) is 18.5 Å². The predicted octanol–water partition coefficient (Wildman–Crippen LogP) is 3.06. The zero-order valence-electron chi connectivity index (χ0n) is 10.6. The van der Waals surface area contributed by atoms with E-state index in [1.165, 1.54) is 6.42 Å². The van der Waals surface area contributed by atoms with Crippen molar-refractivity contribution in [1.29, 1.82) is 0 Å². The highest BCUT2D eigenvalue weighted by molar-refractivity contribution is 6.30. The molecule has 0 aliphatic carbocycles. The van der Waals surface area contributed by atoms with Crippen molar-refractivity contribution in [3.05, 3.63) is 29.3 Å². The molecule has 98 valence electrons. The van der Waals surface area contributed by atoms with Crippen LogP contribution >= 0.6 is 11.6 Å². The monoisotopic (exact) mass is 266 g/mol. The number of rotatable bonds is 3. The Kier molecular flexibility index (Phi) is 4.61. The van der Waals surface area contributed by atoms with Crippen molar-refractivity contribution in [3.63, 3.8) is 0 Å². The van der Waals surface area contributed by atoms with Crippen molar-refractivity contribution >= 4 is 23.2 Å². The molecule has 2 N–H and O–H groups in total. The van der Waals surface area contributed by atoms with Gasteiger partial charge >= 0.3 is 0 Å². The zero-order valence-corrected chi connectivity index (χ0v) is 11.3. The van der Waals surface area contributed by atoms with E-state index in [2.05, 4.69) is 17.6 Å². The maximum atomic E-state index is 12.1. The quantitative estimate of drug-likeness (QED) is 0.883. The standard InChI is InChI=1S/C14H19ClN2O/c1-2-10-7-8-16-13(9-10)14(18)17-12-5-3-11(15)4-6-12/h3-6,10,13,16H,2,7-9H2,1H3,(H,17,18). The van der Waals surface area contributed by atoms with Crippen LogP contribution in [0.4, 0.5) is 5.69 Å². The summed E-state index contributed by atoms with van der Waals surface area (Å²) in [5.41, 5.74) is 0.796. The summed E-state index contributed by atoms with van der Waals surface area (Å²) < 4.78 is 0. The molecule has 0 saturated carbocycles. The van der Waals surface area contributed by atoms with Crippen molar-refractivity contribution in [3.8, 4) is 0 Å². The van der Waals surface area contributed by atoms with Gasteiger partial charge in [-0.05, 0) is 49.6 Å². The summed E-state index contributed by atoms with van der Waals surface area (Å²) in [6, 6.07) is 7.13. The Labute approximate surface area is 113 Å². The number of hydrogen-bond acceptors (Lipinski definition) is 2. The van der Waals surface area contributed by atoms with Crippen molar-refractivity contribution in [2.75, 3.05) is 11.9 Å². The van der Waals surface area contributed by atoms with E-state index in [0.717, 1.165) is 25.1 Å². The van der Waals surface area contributed by atoms with E-state index in [9.17, 15) is 4.79 Å². The average Bonchev–Trinajstić information content (AvgIpc) is 2.41. The summed E-state index contributed by atoms with van der Waals surface area (Å²) in [6.45, 7) is 3.11. The van der Waals surface area contributed by atoms with E-state index in [1.54, 1.807) is 12.1 Å². The Bertz CT molecular complexity index is 405. The van der Waals surface area contributed by atoms with Gasteiger partial charge in [0.1, 0.15) is 0 Å². The van der Waals surface area contributed by atoms with E-state index < -0.39 is 0 Å². The van der Waals surface area contributed by atoms with Crippen molar-refractivity contribution in [2.24, 2.45) is 5.92 Å². The molecule has 1 fully saturated rings. The minimum Gasteiger partial charge on any atom is -0.325 e. The molecule has 2 unspecified atom stereocenters. The molecule has 2 rings (SSSR count). The largest absolute Gasteiger partial charge is 0.325 e. The number of carbonyl (C=O) groups is 1. The molecular formula is C14H19ClN2O. The first-order chi connectivity index (χ1) is 8.69. The zero-order chi connectivity index (χ0) is 13.0. The lowest BCUT2D eigenvalue weighted by molar-refractivity contribution is -0.119.